The van der Waals surface area contributed by atoms with Crippen LogP contribution in [0.4, 0.5) is 0 Å². The molecule has 0 bridgehead atoms. The highest BCUT2D eigenvalue weighted by Gasteiger charge is 2.33. The highest BCUT2D eigenvalue weighted by Crippen LogP contribution is 2.28. The van der Waals surface area contributed by atoms with Crippen LogP contribution in [-0.2, 0) is 0 Å². The summed E-state index contributed by atoms with van der Waals surface area (Å²) in [5.41, 5.74) is 1.08. The van der Waals surface area contributed by atoms with E-state index in [4.69, 9.17) is 34.8 Å². The maximum Gasteiger partial charge on any atom is 0.300 e. The van der Waals surface area contributed by atoms with Crippen molar-refractivity contribution >= 4 is 51.7 Å². The lowest BCUT2D eigenvalue weighted by Gasteiger charge is -2.08. The summed E-state index contributed by atoms with van der Waals surface area (Å²) in [6, 6.07) is 6.91. The Labute approximate surface area is 99.7 Å². The van der Waals surface area contributed by atoms with Gasteiger partial charge in [0.05, 0.1) is 5.52 Å². The molecule has 0 aliphatic carbocycles. The van der Waals surface area contributed by atoms with E-state index in [2.05, 4.69) is 10.3 Å². The summed E-state index contributed by atoms with van der Waals surface area (Å²) >= 11 is 16.4. The van der Waals surface area contributed by atoms with Crippen molar-refractivity contribution in [1.29, 1.82) is 0 Å². The van der Waals surface area contributed by atoms with Gasteiger partial charge in [0.1, 0.15) is 5.52 Å². The van der Waals surface area contributed by atoms with Gasteiger partial charge in [0.2, 0.25) is 0 Å². The topological polar surface area (TPSA) is 47.8 Å². The van der Waals surface area contributed by atoms with Crippen LogP contribution in [0.3, 0.4) is 0 Å². The number of hydrogen-bond donors (Lipinski definition) is 0. The number of rotatable bonds is 0. The normalized spacial score (nSPS) is 11.9. The molecule has 0 aliphatic heterocycles. The van der Waals surface area contributed by atoms with Crippen LogP contribution in [0.25, 0.3) is 11.0 Å². The fraction of sp³-hybridized carbons (Fsp3) is 0.125. The summed E-state index contributed by atoms with van der Waals surface area (Å²) in [6.07, 6.45) is 0. The van der Waals surface area contributed by atoms with Crippen LogP contribution in [0.5, 0.6) is 0 Å². The molecule has 0 aliphatic rings. The Balaban J connectivity index is 2.58. The zero-order valence-electron chi connectivity index (χ0n) is 7.19. The monoisotopic (exact) mass is 263 g/mol. The molecule has 0 radical (unpaired) electrons. The van der Waals surface area contributed by atoms with Crippen LogP contribution in [-0.4, -0.2) is 24.7 Å². The number of alkyl halides is 3. The van der Waals surface area contributed by atoms with Gasteiger partial charge in [-0.25, -0.2) is 0 Å². The smallest absolute Gasteiger partial charge is 0.267 e. The van der Waals surface area contributed by atoms with Gasteiger partial charge in [0.15, 0.2) is 0 Å². The molecule has 15 heavy (non-hydrogen) atoms. The summed E-state index contributed by atoms with van der Waals surface area (Å²) in [5, 5.41) is 7.39. The number of carbonyl (C=O) groups is 1. The predicted octanol–water partition coefficient (Wildman–Crippen LogP) is 2.44. The number of para-hydroxylation sites is 1. The van der Waals surface area contributed by atoms with Crippen LogP contribution < -0.4 is 0 Å². The van der Waals surface area contributed by atoms with Gasteiger partial charge in [0, 0.05) is 0 Å². The third kappa shape index (κ3) is 1.93. The van der Waals surface area contributed by atoms with Crippen LogP contribution in [0.2, 0.25) is 0 Å². The standard InChI is InChI=1S/C8H4Cl3N3O/c9-8(10,11)7(15)14-6-4-2-1-3-5(6)12-13-14/h1-4H. The molecule has 0 saturated carbocycles. The maximum atomic E-state index is 11.6. The first-order valence-corrected chi connectivity index (χ1v) is 5.05. The fourth-order valence-electron chi connectivity index (χ4n) is 1.14. The molecule has 1 aromatic carbocycles. The zero-order valence-corrected chi connectivity index (χ0v) is 9.46. The van der Waals surface area contributed by atoms with E-state index in [-0.39, 0.29) is 0 Å². The first-order valence-electron chi connectivity index (χ1n) is 3.92. The van der Waals surface area contributed by atoms with E-state index in [0.717, 1.165) is 4.68 Å². The Morgan fingerprint density at radius 2 is 1.93 bits per heavy atom. The van der Waals surface area contributed by atoms with E-state index >= 15 is 0 Å². The minimum absolute atomic E-state index is 0.508. The van der Waals surface area contributed by atoms with Gasteiger partial charge in [-0.2, -0.15) is 4.68 Å². The maximum absolute atomic E-state index is 11.6. The van der Waals surface area contributed by atoms with E-state index in [1.807, 2.05) is 0 Å². The molecule has 1 heterocycles. The van der Waals surface area contributed by atoms with Crippen molar-refractivity contribution in [2.24, 2.45) is 0 Å². The number of benzene rings is 1. The second kappa shape index (κ2) is 3.63. The molecule has 4 nitrogen and oxygen atoms in total. The molecular formula is C8H4Cl3N3O. The van der Waals surface area contributed by atoms with Crippen LogP contribution in [0, 0.1) is 0 Å². The first-order chi connectivity index (χ1) is 7.00. The fourth-order valence-corrected chi connectivity index (χ4v) is 1.38. The summed E-state index contributed by atoms with van der Waals surface area (Å²) in [6.45, 7) is 0. The molecule has 0 N–H and O–H groups in total. The molecule has 1 aromatic heterocycles. The third-order valence-corrected chi connectivity index (χ3v) is 2.27. The molecule has 0 saturated heterocycles. The molecule has 7 heteroatoms. The lowest BCUT2D eigenvalue weighted by molar-refractivity contribution is 0.0905. The van der Waals surface area contributed by atoms with Crippen molar-refractivity contribution in [1.82, 2.24) is 15.0 Å². The highest BCUT2D eigenvalue weighted by atomic mass is 35.6. The Morgan fingerprint density at radius 3 is 2.60 bits per heavy atom. The molecule has 0 unspecified atom stereocenters. The largest absolute Gasteiger partial charge is 0.300 e. The Hall–Kier alpha value is -0.840. The van der Waals surface area contributed by atoms with E-state index in [1.54, 1.807) is 24.3 Å². The SMILES string of the molecule is O=C(n1nnc2ccccc21)C(Cl)(Cl)Cl. The van der Waals surface area contributed by atoms with Crippen LogP contribution >= 0.6 is 34.8 Å². The minimum atomic E-state index is -2.03. The second-order valence-electron chi connectivity index (χ2n) is 2.79. The van der Waals surface area contributed by atoms with Crippen molar-refractivity contribution in [3.63, 3.8) is 0 Å². The van der Waals surface area contributed by atoms with Crippen molar-refractivity contribution in [3.8, 4) is 0 Å². The number of carbonyl (C=O) groups excluding carboxylic acids is 1. The summed E-state index contributed by atoms with van der Waals surface area (Å²) in [4.78, 5) is 11.6. The van der Waals surface area contributed by atoms with E-state index in [1.165, 1.54) is 0 Å². The van der Waals surface area contributed by atoms with Gasteiger partial charge >= 0.3 is 5.91 Å². The molecule has 0 fully saturated rings. The molecular weight excluding hydrogens is 260 g/mol. The molecule has 2 rings (SSSR count). The first kappa shape index (κ1) is 10.7. The summed E-state index contributed by atoms with van der Waals surface area (Å²) in [7, 11) is 0. The Bertz CT molecular complexity index is 517. The van der Waals surface area contributed by atoms with Gasteiger partial charge in [-0.15, -0.1) is 5.10 Å². The average molecular weight is 264 g/mol. The molecule has 0 spiro atoms. The molecule has 2 aromatic rings. The van der Waals surface area contributed by atoms with Gasteiger partial charge in [0.25, 0.3) is 3.79 Å². The third-order valence-electron chi connectivity index (χ3n) is 1.79. The van der Waals surface area contributed by atoms with Crippen molar-refractivity contribution in [2.75, 3.05) is 0 Å². The Kier molecular flexibility index (Phi) is 2.58. The van der Waals surface area contributed by atoms with E-state index in [9.17, 15) is 4.79 Å². The lowest BCUT2D eigenvalue weighted by Crippen LogP contribution is -2.26. The van der Waals surface area contributed by atoms with E-state index in [0.29, 0.717) is 11.0 Å². The van der Waals surface area contributed by atoms with Gasteiger partial charge in [-0.05, 0) is 12.1 Å². The van der Waals surface area contributed by atoms with Crippen molar-refractivity contribution < 1.29 is 4.79 Å². The van der Waals surface area contributed by atoms with E-state index < -0.39 is 9.70 Å². The molecule has 0 atom stereocenters. The number of aromatic nitrogens is 3. The van der Waals surface area contributed by atoms with Crippen molar-refractivity contribution in [2.45, 2.75) is 3.79 Å². The quantitative estimate of drug-likeness (QED) is 0.687. The lowest BCUT2D eigenvalue weighted by atomic mass is 10.3. The van der Waals surface area contributed by atoms with Gasteiger partial charge < -0.3 is 0 Å². The predicted molar refractivity (Wildman–Crippen MR) is 58.4 cm³/mol. The highest BCUT2D eigenvalue weighted by molar-refractivity contribution is 6.76. The summed E-state index contributed by atoms with van der Waals surface area (Å²) in [5.74, 6) is -0.749. The van der Waals surface area contributed by atoms with Crippen LogP contribution in [0.1, 0.15) is 4.79 Å². The number of fused-ring (bicyclic) bond motifs is 1. The van der Waals surface area contributed by atoms with Crippen molar-refractivity contribution in [3.05, 3.63) is 24.3 Å². The summed E-state index contributed by atoms with van der Waals surface area (Å²) < 4.78 is -1.06. The van der Waals surface area contributed by atoms with Gasteiger partial charge in [-0.3, -0.25) is 4.79 Å². The minimum Gasteiger partial charge on any atom is -0.267 e. The number of hydrogen-bond acceptors (Lipinski definition) is 3. The molecule has 0 amide bonds. The zero-order chi connectivity index (χ0) is 11.1. The van der Waals surface area contributed by atoms with Gasteiger partial charge in [-0.1, -0.05) is 52.1 Å². The second-order valence-corrected chi connectivity index (χ2v) is 5.07. The number of halogens is 3. The molecule has 78 valence electrons. The van der Waals surface area contributed by atoms with Crippen LogP contribution in [0.15, 0.2) is 24.3 Å². The number of nitrogens with zero attached hydrogens (tertiary/aromatic N) is 3. The average Bonchev–Trinajstić information content (AvgIpc) is 2.58. The Morgan fingerprint density at radius 1 is 1.27 bits per heavy atom.